The molecule has 2 heterocycles. The van der Waals surface area contributed by atoms with E-state index in [1.807, 2.05) is 0 Å². The summed E-state index contributed by atoms with van der Waals surface area (Å²) < 4.78 is 60.2. The predicted octanol–water partition coefficient (Wildman–Crippen LogP) is 3.62. The predicted molar refractivity (Wildman–Crippen MR) is 142 cm³/mol. The van der Waals surface area contributed by atoms with Crippen LogP contribution >= 0.6 is 0 Å². The van der Waals surface area contributed by atoms with E-state index in [0.717, 1.165) is 38.5 Å². The van der Waals surface area contributed by atoms with Crippen LogP contribution in [0.1, 0.15) is 50.5 Å². The summed E-state index contributed by atoms with van der Waals surface area (Å²) in [7, 11) is -5.62. The molecule has 0 aliphatic carbocycles. The quantitative estimate of drug-likeness (QED) is 0.511. The van der Waals surface area contributed by atoms with Crippen LogP contribution in [-0.2, 0) is 31.3 Å². The fourth-order valence-electron chi connectivity index (χ4n) is 4.80. The molecule has 0 unspecified atom stereocenters. The Bertz CT molecular complexity index is 1300. The van der Waals surface area contributed by atoms with E-state index in [1.54, 1.807) is 28.6 Å². The number of amides is 1. The highest BCUT2D eigenvalue weighted by Crippen LogP contribution is 2.28. The average molecular weight is 550 g/mol. The molecule has 2 aromatic carbocycles. The third-order valence-corrected chi connectivity index (χ3v) is 10.7. The molecular weight excluding hydrogens is 514 g/mol. The molecule has 0 aromatic heterocycles. The Kier molecular flexibility index (Phi) is 8.89. The molecule has 2 aliphatic heterocycles. The third kappa shape index (κ3) is 6.51. The molecule has 202 valence electrons. The Morgan fingerprint density at radius 1 is 0.784 bits per heavy atom. The molecule has 0 bridgehead atoms. The van der Waals surface area contributed by atoms with Gasteiger partial charge in [0, 0.05) is 38.3 Å². The Morgan fingerprint density at radius 3 is 1.86 bits per heavy atom. The fourth-order valence-corrected chi connectivity index (χ4v) is 7.89. The lowest BCUT2D eigenvalue weighted by molar-refractivity contribution is -0.116. The van der Waals surface area contributed by atoms with E-state index in [1.165, 1.54) is 29.6 Å². The van der Waals surface area contributed by atoms with Gasteiger partial charge in [-0.15, -0.1) is 0 Å². The minimum atomic E-state index is -3.58. The van der Waals surface area contributed by atoms with Gasteiger partial charge >= 0.3 is 0 Å². The SMILES string of the molecule is COc1ccc(S(=O)(=O)N2CCCC2)cc1CCC(=O)Nc1ccc(S(=O)(=O)N2CCCCCC2)cc1. The lowest BCUT2D eigenvalue weighted by atomic mass is 10.1. The molecule has 4 rings (SSSR count). The van der Waals surface area contributed by atoms with E-state index in [-0.39, 0.29) is 22.1 Å². The molecule has 11 heteroatoms. The van der Waals surface area contributed by atoms with E-state index in [2.05, 4.69) is 5.32 Å². The first-order chi connectivity index (χ1) is 17.7. The van der Waals surface area contributed by atoms with Crippen molar-refractivity contribution in [2.75, 3.05) is 38.6 Å². The first-order valence-electron chi connectivity index (χ1n) is 12.8. The Labute approximate surface area is 219 Å². The van der Waals surface area contributed by atoms with Crippen molar-refractivity contribution in [2.45, 2.75) is 61.2 Å². The molecule has 2 saturated heterocycles. The van der Waals surface area contributed by atoms with Gasteiger partial charge in [0.25, 0.3) is 0 Å². The zero-order valence-electron chi connectivity index (χ0n) is 21.2. The zero-order valence-corrected chi connectivity index (χ0v) is 22.8. The van der Waals surface area contributed by atoms with Crippen LogP contribution in [0.5, 0.6) is 5.75 Å². The number of aryl methyl sites for hydroxylation is 1. The number of hydrogen-bond donors (Lipinski definition) is 1. The molecule has 9 nitrogen and oxygen atoms in total. The number of nitrogens with one attached hydrogen (secondary N) is 1. The van der Waals surface area contributed by atoms with Gasteiger partial charge in [0.15, 0.2) is 0 Å². The second-order valence-corrected chi connectivity index (χ2v) is 13.4. The summed E-state index contributed by atoms with van der Waals surface area (Å²) in [6.45, 7) is 2.10. The van der Waals surface area contributed by atoms with Gasteiger partial charge in [0.2, 0.25) is 26.0 Å². The lowest BCUT2D eigenvalue weighted by Crippen LogP contribution is -2.31. The molecular formula is C26H35N3O6S2. The van der Waals surface area contributed by atoms with Crippen LogP contribution in [0.2, 0.25) is 0 Å². The highest BCUT2D eigenvalue weighted by molar-refractivity contribution is 7.89. The number of rotatable bonds is 9. The van der Waals surface area contributed by atoms with E-state index in [9.17, 15) is 21.6 Å². The van der Waals surface area contributed by atoms with Crippen LogP contribution < -0.4 is 10.1 Å². The largest absolute Gasteiger partial charge is 0.496 e. The minimum Gasteiger partial charge on any atom is -0.496 e. The maximum absolute atomic E-state index is 13.0. The normalized spacial score (nSPS) is 17.9. The monoisotopic (exact) mass is 549 g/mol. The summed E-state index contributed by atoms with van der Waals surface area (Å²) in [4.78, 5) is 13.1. The summed E-state index contributed by atoms with van der Waals surface area (Å²) in [5.41, 5.74) is 1.13. The van der Waals surface area contributed by atoms with Crippen LogP contribution in [-0.4, -0.2) is 64.6 Å². The number of ether oxygens (including phenoxy) is 1. The summed E-state index contributed by atoms with van der Waals surface area (Å²) in [5.74, 6) is 0.259. The van der Waals surface area contributed by atoms with E-state index < -0.39 is 20.0 Å². The van der Waals surface area contributed by atoms with Gasteiger partial charge in [-0.05, 0) is 80.1 Å². The van der Waals surface area contributed by atoms with E-state index in [0.29, 0.717) is 49.6 Å². The molecule has 0 radical (unpaired) electrons. The number of benzene rings is 2. The summed E-state index contributed by atoms with van der Waals surface area (Å²) >= 11 is 0. The number of sulfonamides is 2. The van der Waals surface area contributed by atoms with Gasteiger partial charge in [-0.3, -0.25) is 4.79 Å². The Hall–Kier alpha value is -2.47. The number of hydrogen-bond acceptors (Lipinski definition) is 6. The number of methoxy groups -OCH3 is 1. The summed E-state index contributed by atoms with van der Waals surface area (Å²) in [6.07, 6.45) is 5.93. The van der Waals surface area contributed by atoms with Gasteiger partial charge in [-0.25, -0.2) is 16.8 Å². The van der Waals surface area contributed by atoms with Crippen LogP contribution in [0.3, 0.4) is 0 Å². The van der Waals surface area contributed by atoms with Gasteiger partial charge in [0.1, 0.15) is 5.75 Å². The van der Waals surface area contributed by atoms with Crippen LogP contribution in [0.25, 0.3) is 0 Å². The average Bonchev–Trinajstić information content (AvgIpc) is 3.31. The smallest absolute Gasteiger partial charge is 0.243 e. The number of carbonyl (C=O) groups excluding carboxylic acids is 1. The maximum Gasteiger partial charge on any atom is 0.243 e. The summed E-state index contributed by atoms with van der Waals surface area (Å²) in [5, 5.41) is 2.79. The number of nitrogens with zero attached hydrogens (tertiary/aromatic N) is 2. The number of anilines is 1. The van der Waals surface area contributed by atoms with Crippen molar-refractivity contribution < 1.29 is 26.4 Å². The van der Waals surface area contributed by atoms with Crippen molar-refractivity contribution in [1.82, 2.24) is 8.61 Å². The molecule has 0 spiro atoms. The number of carbonyl (C=O) groups is 1. The fraction of sp³-hybridized carbons (Fsp3) is 0.500. The summed E-state index contributed by atoms with van der Waals surface area (Å²) in [6, 6.07) is 11.0. The second-order valence-electron chi connectivity index (χ2n) is 9.48. The topological polar surface area (TPSA) is 113 Å². The zero-order chi connectivity index (χ0) is 26.5. The van der Waals surface area contributed by atoms with Crippen molar-refractivity contribution >= 4 is 31.6 Å². The highest BCUT2D eigenvalue weighted by Gasteiger charge is 2.28. The van der Waals surface area contributed by atoms with Gasteiger partial charge < -0.3 is 10.1 Å². The first kappa shape index (κ1) is 27.6. The van der Waals surface area contributed by atoms with Gasteiger partial charge in [-0.1, -0.05) is 12.8 Å². The molecule has 2 fully saturated rings. The van der Waals surface area contributed by atoms with Crippen LogP contribution in [0.4, 0.5) is 5.69 Å². The third-order valence-electron chi connectivity index (χ3n) is 6.92. The van der Waals surface area contributed by atoms with E-state index in [4.69, 9.17) is 4.74 Å². The van der Waals surface area contributed by atoms with Crippen molar-refractivity contribution in [2.24, 2.45) is 0 Å². The Morgan fingerprint density at radius 2 is 1.30 bits per heavy atom. The van der Waals surface area contributed by atoms with Crippen LogP contribution in [0, 0.1) is 0 Å². The molecule has 37 heavy (non-hydrogen) atoms. The molecule has 0 saturated carbocycles. The van der Waals surface area contributed by atoms with Gasteiger partial charge in [0.05, 0.1) is 16.9 Å². The van der Waals surface area contributed by atoms with Crippen molar-refractivity contribution in [1.29, 1.82) is 0 Å². The molecule has 1 N–H and O–H groups in total. The standard InChI is InChI=1S/C26H35N3O6S2/c1-35-25-14-13-24(37(33,34)29-18-6-7-19-29)20-21(25)8-15-26(30)27-22-9-11-23(12-10-22)36(31,32)28-16-4-2-3-5-17-28/h9-14,20H,2-8,15-19H2,1H3,(H,27,30). The highest BCUT2D eigenvalue weighted by atomic mass is 32.2. The molecule has 2 aromatic rings. The lowest BCUT2D eigenvalue weighted by Gasteiger charge is -2.20. The van der Waals surface area contributed by atoms with E-state index >= 15 is 0 Å². The van der Waals surface area contributed by atoms with Crippen LogP contribution in [0.15, 0.2) is 52.3 Å². The first-order valence-corrected chi connectivity index (χ1v) is 15.7. The van der Waals surface area contributed by atoms with Crippen molar-refractivity contribution in [3.8, 4) is 5.75 Å². The van der Waals surface area contributed by atoms with Gasteiger partial charge in [-0.2, -0.15) is 8.61 Å². The molecule has 2 aliphatic rings. The molecule has 1 amide bonds. The Balaban J connectivity index is 1.39. The minimum absolute atomic E-state index is 0.109. The second kappa shape index (κ2) is 11.9. The van der Waals surface area contributed by atoms with Crippen molar-refractivity contribution in [3.05, 3.63) is 48.0 Å². The molecule has 0 atom stereocenters. The van der Waals surface area contributed by atoms with Crippen molar-refractivity contribution in [3.63, 3.8) is 0 Å². The maximum atomic E-state index is 13.0.